The molecule has 0 radical (unpaired) electrons. The number of aromatic nitrogens is 1. The SMILES string of the molecule is O=C(C=Cc1ccc([N+](=O)[O-])cc1)Nc1nc(-c2ccc(Oc3ccccc3)cc2)cs1. The number of nitrogens with one attached hydrogen (secondary N) is 1. The normalized spacial score (nSPS) is 10.8. The first-order valence-electron chi connectivity index (χ1n) is 9.59. The van der Waals surface area contributed by atoms with Gasteiger partial charge in [0.1, 0.15) is 11.5 Å². The van der Waals surface area contributed by atoms with Crippen LogP contribution in [0.5, 0.6) is 11.5 Å². The highest BCUT2D eigenvalue weighted by atomic mass is 32.1. The van der Waals surface area contributed by atoms with E-state index in [1.165, 1.54) is 29.5 Å². The number of nitro benzene ring substituents is 1. The monoisotopic (exact) mass is 443 g/mol. The van der Waals surface area contributed by atoms with Crippen LogP contribution in [-0.4, -0.2) is 15.8 Å². The summed E-state index contributed by atoms with van der Waals surface area (Å²) < 4.78 is 5.79. The van der Waals surface area contributed by atoms with Gasteiger partial charge in [0, 0.05) is 29.2 Å². The molecule has 1 aromatic heterocycles. The molecule has 1 N–H and O–H groups in total. The van der Waals surface area contributed by atoms with Crippen LogP contribution in [-0.2, 0) is 4.79 Å². The summed E-state index contributed by atoms with van der Waals surface area (Å²) >= 11 is 1.32. The molecule has 0 unspecified atom stereocenters. The summed E-state index contributed by atoms with van der Waals surface area (Å²) in [5, 5.41) is 15.8. The maximum Gasteiger partial charge on any atom is 0.269 e. The molecule has 0 aliphatic heterocycles. The second-order valence-corrected chi connectivity index (χ2v) is 7.51. The van der Waals surface area contributed by atoms with Crippen molar-refractivity contribution in [2.45, 2.75) is 0 Å². The number of non-ortho nitro benzene ring substituents is 1. The Bertz CT molecular complexity index is 1250. The Hall–Kier alpha value is -4.30. The fraction of sp³-hybridized carbons (Fsp3) is 0. The molecule has 4 rings (SSSR count). The van der Waals surface area contributed by atoms with E-state index in [2.05, 4.69) is 10.3 Å². The predicted octanol–water partition coefficient (Wildman–Crippen LogP) is 6.16. The molecule has 32 heavy (non-hydrogen) atoms. The third kappa shape index (κ3) is 5.44. The lowest BCUT2D eigenvalue weighted by Gasteiger charge is -2.05. The second-order valence-electron chi connectivity index (χ2n) is 6.65. The molecule has 8 heteroatoms. The van der Waals surface area contributed by atoms with E-state index in [-0.39, 0.29) is 11.6 Å². The van der Waals surface area contributed by atoms with Crippen LogP contribution in [0.4, 0.5) is 10.8 Å². The van der Waals surface area contributed by atoms with Gasteiger partial charge in [-0.05, 0) is 60.2 Å². The van der Waals surface area contributed by atoms with E-state index < -0.39 is 4.92 Å². The zero-order chi connectivity index (χ0) is 22.3. The van der Waals surface area contributed by atoms with Crippen molar-refractivity contribution in [1.29, 1.82) is 0 Å². The number of amides is 1. The number of carbonyl (C=O) groups is 1. The number of anilines is 1. The summed E-state index contributed by atoms with van der Waals surface area (Å²) in [7, 11) is 0. The highest BCUT2D eigenvalue weighted by molar-refractivity contribution is 7.14. The van der Waals surface area contributed by atoms with Gasteiger partial charge >= 0.3 is 0 Å². The fourth-order valence-corrected chi connectivity index (χ4v) is 3.53. The van der Waals surface area contributed by atoms with Crippen LogP contribution in [0.25, 0.3) is 17.3 Å². The number of hydrogen-bond acceptors (Lipinski definition) is 6. The smallest absolute Gasteiger partial charge is 0.269 e. The van der Waals surface area contributed by atoms with Crippen molar-refractivity contribution in [2.75, 3.05) is 5.32 Å². The molecular weight excluding hydrogens is 426 g/mol. The minimum Gasteiger partial charge on any atom is -0.457 e. The van der Waals surface area contributed by atoms with Crippen molar-refractivity contribution >= 4 is 34.1 Å². The summed E-state index contributed by atoms with van der Waals surface area (Å²) in [6.45, 7) is 0. The van der Waals surface area contributed by atoms with Gasteiger partial charge in [0.05, 0.1) is 10.6 Å². The van der Waals surface area contributed by atoms with Crippen LogP contribution in [0.2, 0.25) is 0 Å². The molecule has 3 aromatic carbocycles. The van der Waals surface area contributed by atoms with Crippen LogP contribution in [0.1, 0.15) is 5.56 Å². The van der Waals surface area contributed by atoms with Gasteiger partial charge in [0.15, 0.2) is 5.13 Å². The van der Waals surface area contributed by atoms with E-state index in [9.17, 15) is 14.9 Å². The lowest BCUT2D eigenvalue weighted by Crippen LogP contribution is -2.07. The first-order chi connectivity index (χ1) is 15.6. The third-order valence-corrected chi connectivity index (χ3v) is 5.15. The molecule has 1 amide bonds. The Morgan fingerprint density at radius 1 is 0.969 bits per heavy atom. The molecule has 0 aliphatic carbocycles. The van der Waals surface area contributed by atoms with Crippen molar-refractivity contribution in [3.05, 3.63) is 106 Å². The first-order valence-corrected chi connectivity index (χ1v) is 10.5. The van der Waals surface area contributed by atoms with E-state index >= 15 is 0 Å². The molecule has 0 bridgehead atoms. The average molecular weight is 443 g/mol. The van der Waals surface area contributed by atoms with E-state index in [0.29, 0.717) is 10.7 Å². The van der Waals surface area contributed by atoms with Gasteiger partial charge in [-0.1, -0.05) is 18.2 Å². The minimum absolute atomic E-state index is 0.00146. The molecular formula is C24H17N3O4S. The van der Waals surface area contributed by atoms with Crippen molar-refractivity contribution in [1.82, 2.24) is 4.98 Å². The van der Waals surface area contributed by atoms with Crippen molar-refractivity contribution in [3.8, 4) is 22.8 Å². The number of benzene rings is 3. The van der Waals surface area contributed by atoms with Gasteiger partial charge in [-0.3, -0.25) is 20.2 Å². The largest absolute Gasteiger partial charge is 0.457 e. The molecule has 0 atom stereocenters. The number of nitro groups is 1. The average Bonchev–Trinajstić information content (AvgIpc) is 3.27. The summed E-state index contributed by atoms with van der Waals surface area (Å²) in [6.07, 6.45) is 2.94. The minimum atomic E-state index is -0.468. The first kappa shape index (κ1) is 21.0. The zero-order valence-corrected chi connectivity index (χ0v) is 17.5. The van der Waals surface area contributed by atoms with Gasteiger partial charge in [-0.15, -0.1) is 11.3 Å². The van der Waals surface area contributed by atoms with Crippen LogP contribution in [0.3, 0.4) is 0 Å². The van der Waals surface area contributed by atoms with Crippen LogP contribution in [0, 0.1) is 10.1 Å². The zero-order valence-electron chi connectivity index (χ0n) is 16.7. The number of para-hydroxylation sites is 1. The lowest BCUT2D eigenvalue weighted by atomic mass is 10.2. The van der Waals surface area contributed by atoms with Crippen LogP contribution in [0.15, 0.2) is 90.3 Å². The molecule has 0 saturated heterocycles. The number of ether oxygens (including phenoxy) is 1. The maximum absolute atomic E-state index is 12.2. The summed E-state index contributed by atoms with van der Waals surface area (Å²) in [6, 6.07) is 23.0. The molecule has 0 aliphatic rings. The van der Waals surface area contributed by atoms with E-state index in [4.69, 9.17) is 4.74 Å². The number of hydrogen-bond donors (Lipinski definition) is 1. The Labute approximate surface area is 187 Å². The van der Waals surface area contributed by atoms with Crippen molar-refractivity contribution < 1.29 is 14.5 Å². The second kappa shape index (κ2) is 9.67. The van der Waals surface area contributed by atoms with E-state index in [1.807, 2.05) is 60.0 Å². The molecule has 7 nitrogen and oxygen atoms in total. The highest BCUT2D eigenvalue weighted by Gasteiger charge is 2.08. The molecule has 1 heterocycles. The van der Waals surface area contributed by atoms with Gasteiger partial charge < -0.3 is 4.74 Å². The standard InChI is InChI=1S/C24H17N3O4S/c28-23(15-8-17-6-11-19(12-7-17)27(29)30)26-24-25-22(16-32-24)18-9-13-21(14-10-18)31-20-4-2-1-3-5-20/h1-16H,(H,25,26,28). The van der Waals surface area contributed by atoms with Crippen LogP contribution < -0.4 is 10.1 Å². The number of thiazole rings is 1. The Kier molecular flexibility index (Phi) is 6.33. The van der Waals surface area contributed by atoms with E-state index in [0.717, 1.165) is 22.8 Å². The molecule has 0 saturated carbocycles. The Balaban J connectivity index is 1.36. The maximum atomic E-state index is 12.2. The predicted molar refractivity (Wildman–Crippen MR) is 125 cm³/mol. The van der Waals surface area contributed by atoms with Crippen molar-refractivity contribution in [3.63, 3.8) is 0 Å². The fourth-order valence-electron chi connectivity index (χ4n) is 2.81. The van der Waals surface area contributed by atoms with E-state index in [1.54, 1.807) is 18.2 Å². The molecule has 4 aromatic rings. The lowest BCUT2D eigenvalue weighted by molar-refractivity contribution is -0.384. The number of nitrogens with zero attached hydrogens (tertiary/aromatic N) is 2. The van der Waals surface area contributed by atoms with Gasteiger partial charge in [-0.25, -0.2) is 4.98 Å². The van der Waals surface area contributed by atoms with Gasteiger partial charge in [0.25, 0.3) is 5.69 Å². The molecule has 0 spiro atoms. The van der Waals surface area contributed by atoms with Gasteiger partial charge in [-0.2, -0.15) is 0 Å². The third-order valence-electron chi connectivity index (χ3n) is 4.39. The van der Waals surface area contributed by atoms with Crippen molar-refractivity contribution in [2.24, 2.45) is 0 Å². The molecule has 158 valence electrons. The van der Waals surface area contributed by atoms with Gasteiger partial charge in [0.2, 0.25) is 5.91 Å². The summed E-state index contributed by atoms with van der Waals surface area (Å²) in [5.74, 6) is 1.15. The Morgan fingerprint density at radius 3 is 2.34 bits per heavy atom. The Morgan fingerprint density at radius 2 is 1.66 bits per heavy atom. The molecule has 0 fully saturated rings. The van der Waals surface area contributed by atoms with Crippen LogP contribution >= 0.6 is 11.3 Å². The number of carbonyl (C=O) groups excluding carboxylic acids is 1. The summed E-state index contributed by atoms with van der Waals surface area (Å²) in [5.41, 5.74) is 2.34. The highest BCUT2D eigenvalue weighted by Crippen LogP contribution is 2.28. The number of rotatable bonds is 7. The topological polar surface area (TPSA) is 94.4 Å². The quantitative estimate of drug-likeness (QED) is 0.210. The summed E-state index contributed by atoms with van der Waals surface area (Å²) in [4.78, 5) is 26.8.